The fraction of sp³-hybridized carbons (Fsp3) is 0.286. The molecule has 0 atom stereocenters. The van der Waals surface area contributed by atoms with Gasteiger partial charge >= 0.3 is 0 Å². The Bertz CT molecular complexity index is 860. The molecule has 2 rings (SSSR count). The summed E-state index contributed by atoms with van der Waals surface area (Å²) in [4.78, 5) is 24.2. The second-order valence-corrected chi connectivity index (χ2v) is 6.04. The Morgan fingerprint density at radius 2 is 1.61 bits per heavy atom. The van der Waals surface area contributed by atoms with Gasteiger partial charge in [-0.05, 0) is 42.7 Å². The molecule has 0 aliphatic carbocycles. The van der Waals surface area contributed by atoms with E-state index in [4.69, 9.17) is 9.47 Å². The lowest BCUT2D eigenvalue weighted by atomic mass is 10.1. The molecule has 0 aromatic heterocycles. The molecule has 7 heteroatoms. The van der Waals surface area contributed by atoms with Gasteiger partial charge in [-0.25, -0.2) is 5.43 Å². The number of nitrogens with one attached hydrogen (secondary N) is 2. The lowest BCUT2D eigenvalue weighted by Crippen LogP contribution is -2.35. The van der Waals surface area contributed by atoms with E-state index in [2.05, 4.69) is 22.8 Å². The molecule has 0 heterocycles. The lowest BCUT2D eigenvalue weighted by molar-refractivity contribution is -0.120. The molecule has 0 spiro atoms. The third kappa shape index (κ3) is 5.57. The summed E-state index contributed by atoms with van der Waals surface area (Å²) in [5, 5.41) is 6.63. The van der Waals surface area contributed by atoms with Crippen LogP contribution < -0.4 is 20.2 Å². The fourth-order valence-electron chi connectivity index (χ4n) is 2.47. The van der Waals surface area contributed by atoms with E-state index in [0.717, 1.165) is 12.0 Å². The molecule has 2 aromatic rings. The predicted octanol–water partition coefficient (Wildman–Crippen LogP) is 2.54. The summed E-state index contributed by atoms with van der Waals surface area (Å²) in [6.07, 6.45) is 0.965. The topological polar surface area (TPSA) is 89.0 Å². The minimum absolute atomic E-state index is 0.196. The van der Waals surface area contributed by atoms with Crippen LogP contribution in [0.2, 0.25) is 0 Å². The highest BCUT2D eigenvalue weighted by Gasteiger charge is 2.12. The average molecular weight is 383 g/mol. The SMILES string of the molecule is CCc1ccc(/C(C)=N\NC(=O)CNC(=O)c2ccc(OC)c(OC)c2)cc1. The van der Waals surface area contributed by atoms with Crippen LogP contribution in [0.15, 0.2) is 47.6 Å². The summed E-state index contributed by atoms with van der Waals surface area (Å²) in [5.74, 6) is 0.146. The monoisotopic (exact) mass is 383 g/mol. The van der Waals surface area contributed by atoms with Crippen LogP contribution in [0.3, 0.4) is 0 Å². The summed E-state index contributed by atoms with van der Waals surface area (Å²) in [6.45, 7) is 3.70. The molecular formula is C21H25N3O4. The van der Waals surface area contributed by atoms with Crippen LogP contribution in [0.5, 0.6) is 11.5 Å². The summed E-state index contributed by atoms with van der Waals surface area (Å²) in [7, 11) is 3.01. The quantitative estimate of drug-likeness (QED) is 0.542. The Hall–Kier alpha value is -3.35. The highest BCUT2D eigenvalue weighted by Crippen LogP contribution is 2.27. The van der Waals surface area contributed by atoms with E-state index >= 15 is 0 Å². The molecule has 28 heavy (non-hydrogen) atoms. The van der Waals surface area contributed by atoms with Crippen LogP contribution in [0.1, 0.15) is 35.3 Å². The Balaban J connectivity index is 1.90. The maximum Gasteiger partial charge on any atom is 0.259 e. The van der Waals surface area contributed by atoms with Crippen LogP contribution in [-0.2, 0) is 11.2 Å². The molecule has 7 nitrogen and oxygen atoms in total. The minimum Gasteiger partial charge on any atom is -0.493 e. The smallest absolute Gasteiger partial charge is 0.259 e. The molecule has 0 saturated heterocycles. The van der Waals surface area contributed by atoms with Crippen molar-refractivity contribution in [2.75, 3.05) is 20.8 Å². The van der Waals surface area contributed by atoms with E-state index < -0.39 is 11.8 Å². The molecule has 0 unspecified atom stereocenters. The van der Waals surface area contributed by atoms with E-state index in [9.17, 15) is 9.59 Å². The maximum atomic E-state index is 12.2. The number of hydrogen-bond acceptors (Lipinski definition) is 5. The summed E-state index contributed by atoms with van der Waals surface area (Å²) in [6, 6.07) is 12.8. The van der Waals surface area contributed by atoms with Gasteiger partial charge in [0.2, 0.25) is 0 Å². The molecule has 0 radical (unpaired) electrons. The number of hydrogen-bond donors (Lipinski definition) is 2. The number of methoxy groups -OCH3 is 2. The number of nitrogens with zero attached hydrogens (tertiary/aromatic N) is 1. The molecule has 0 fully saturated rings. The van der Waals surface area contributed by atoms with E-state index in [0.29, 0.717) is 22.8 Å². The van der Waals surface area contributed by atoms with Gasteiger partial charge in [-0.2, -0.15) is 5.10 Å². The Labute approximate surface area is 164 Å². The van der Waals surface area contributed by atoms with Gasteiger partial charge in [0.05, 0.1) is 26.5 Å². The molecule has 0 saturated carbocycles. The van der Waals surface area contributed by atoms with Crippen molar-refractivity contribution in [1.29, 1.82) is 0 Å². The van der Waals surface area contributed by atoms with Crippen molar-refractivity contribution in [2.24, 2.45) is 5.10 Å². The fourth-order valence-corrected chi connectivity index (χ4v) is 2.47. The van der Waals surface area contributed by atoms with Gasteiger partial charge in [0.1, 0.15) is 0 Å². The first-order valence-corrected chi connectivity index (χ1v) is 8.91. The summed E-state index contributed by atoms with van der Waals surface area (Å²) in [5.41, 5.74) is 5.65. The average Bonchev–Trinajstić information content (AvgIpc) is 2.75. The minimum atomic E-state index is -0.418. The van der Waals surface area contributed by atoms with Crippen LogP contribution in [0.4, 0.5) is 0 Å². The summed E-state index contributed by atoms with van der Waals surface area (Å²) < 4.78 is 10.3. The van der Waals surface area contributed by atoms with Crippen LogP contribution >= 0.6 is 0 Å². The molecule has 148 valence electrons. The third-order valence-corrected chi connectivity index (χ3v) is 4.18. The number of rotatable bonds is 8. The molecule has 2 aromatic carbocycles. The number of carbonyl (C=O) groups excluding carboxylic acids is 2. The normalized spacial score (nSPS) is 10.9. The van der Waals surface area contributed by atoms with Gasteiger partial charge in [-0.3, -0.25) is 9.59 Å². The number of hydrazone groups is 1. The largest absolute Gasteiger partial charge is 0.493 e. The van der Waals surface area contributed by atoms with E-state index in [-0.39, 0.29) is 6.54 Å². The zero-order chi connectivity index (χ0) is 20.5. The second-order valence-electron chi connectivity index (χ2n) is 6.04. The van der Waals surface area contributed by atoms with Gasteiger partial charge in [-0.1, -0.05) is 31.2 Å². The zero-order valence-corrected chi connectivity index (χ0v) is 16.5. The van der Waals surface area contributed by atoms with Crippen molar-refractivity contribution in [3.63, 3.8) is 0 Å². The van der Waals surface area contributed by atoms with Crippen molar-refractivity contribution < 1.29 is 19.1 Å². The van der Waals surface area contributed by atoms with E-state index in [1.54, 1.807) is 18.2 Å². The van der Waals surface area contributed by atoms with Crippen LogP contribution in [0.25, 0.3) is 0 Å². The van der Waals surface area contributed by atoms with Crippen LogP contribution in [0, 0.1) is 0 Å². The number of benzene rings is 2. The number of aryl methyl sites for hydroxylation is 1. The number of ether oxygens (including phenoxy) is 2. The Morgan fingerprint density at radius 1 is 0.964 bits per heavy atom. The first kappa shape index (κ1) is 21.0. The molecule has 2 amide bonds. The first-order chi connectivity index (χ1) is 13.5. The van der Waals surface area contributed by atoms with Gasteiger partial charge in [0.25, 0.3) is 11.8 Å². The molecule has 0 aliphatic heterocycles. The summed E-state index contributed by atoms with van der Waals surface area (Å²) >= 11 is 0. The molecule has 0 bridgehead atoms. The number of amides is 2. The lowest BCUT2D eigenvalue weighted by Gasteiger charge is -2.10. The second kappa shape index (κ2) is 10.1. The third-order valence-electron chi connectivity index (χ3n) is 4.18. The molecular weight excluding hydrogens is 358 g/mol. The van der Waals surface area contributed by atoms with Crippen molar-refractivity contribution >= 4 is 17.5 Å². The van der Waals surface area contributed by atoms with Crippen molar-refractivity contribution in [1.82, 2.24) is 10.7 Å². The van der Waals surface area contributed by atoms with Gasteiger partial charge < -0.3 is 14.8 Å². The first-order valence-electron chi connectivity index (χ1n) is 8.91. The van der Waals surface area contributed by atoms with Gasteiger partial charge in [-0.15, -0.1) is 0 Å². The van der Waals surface area contributed by atoms with Gasteiger partial charge in [0.15, 0.2) is 11.5 Å². The molecule has 0 aliphatic rings. The molecule has 2 N–H and O–H groups in total. The Kier molecular flexibility index (Phi) is 7.56. The number of carbonyl (C=O) groups is 2. The van der Waals surface area contributed by atoms with Crippen molar-refractivity contribution in [3.05, 3.63) is 59.2 Å². The Morgan fingerprint density at radius 3 is 2.21 bits per heavy atom. The van der Waals surface area contributed by atoms with Crippen molar-refractivity contribution in [3.8, 4) is 11.5 Å². The zero-order valence-electron chi connectivity index (χ0n) is 16.5. The standard InChI is InChI=1S/C21H25N3O4/c1-5-15-6-8-16(9-7-15)14(2)23-24-20(25)13-22-21(26)17-10-11-18(27-3)19(12-17)28-4/h6-12H,5,13H2,1-4H3,(H,22,26)(H,24,25)/b23-14-. The van der Waals surface area contributed by atoms with E-state index in [1.807, 2.05) is 31.2 Å². The maximum absolute atomic E-state index is 12.2. The van der Waals surface area contributed by atoms with Gasteiger partial charge in [0, 0.05) is 5.56 Å². The van der Waals surface area contributed by atoms with E-state index in [1.165, 1.54) is 19.8 Å². The van der Waals surface area contributed by atoms with Crippen LogP contribution in [-0.4, -0.2) is 38.3 Å². The predicted molar refractivity (Wildman–Crippen MR) is 108 cm³/mol. The highest BCUT2D eigenvalue weighted by molar-refractivity contribution is 6.00. The highest BCUT2D eigenvalue weighted by atomic mass is 16.5. The van der Waals surface area contributed by atoms with Crippen molar-refractivity contribution in [2.45, 2.75) is 20.3 Å².